The minimum atomic E-state index is -2.24. The van der Waals surface area contributed by atoms with E-state index in [4.69, 9.17) is 4.74 Å². The quantitative estimate of drug-likeness (QED) is 0.653. The maximum Gasteiger partial charge on any atom is 0.329 e. The first kappa shape index (κ1) is 20.2. The number of nitrogens with zero attached hydrogens (tertiary/aromatic N) is 1. The van der Waals surface area contributed by atoms with E-state index in [9.17, 15) is 14.7 Å². The predicted octanol–water partition coefficient (Wildman–Crippen LogP) is 3.57. The minimum Gasteiger partial charge on any atom is -0.497 e. The van der Waals surface area contributed by atoms with Gasteiger partial charge in [-0.05, 0) is 43.7 Å². The average Bonchev–Trinajstić information content (AvgIpc) is 2.68. The molecule has 1 aliphatic rings. The number of carbonyl (C=O) groups is 2. The molecule has 0 unspecified atom stereocenters. The monoisotopic (exact) mass is 447 g/mol. The molecule has 7 nitrogen and oxygen atoms in total. The van der Waals surface area contributed by atoms with Crippen molar-refractivity contribution >= 4 is 39.2 Å². The van der Waals surface area contributed by atoms with E-state index in [0.717, 1.165) is 4.90 Å². The topological polar surface area (TPSA) is 90.9 Å². The maximum atomic E-state index is 13.2. The zero-order valence-corrected chi connectivity index (χ0v) is 17.4. The summed E-state index contributed by atoms with van der Waals surface area (Å²) in [5.41, 5.74) is -1.28. The van der Waals surface area contributed by atoms with Gasteiger partial charge in [-0.1, -0.05) is 28.9 Å². The Morgan fingerprint density at radius 3 is 2.79 bits per heavy atom. The number of fused-ring (bicyclic) bond motifs is 1. The fraction of sp³-hybridized carbons (Fsp3) is 0.300. The third-order valence-electron chi connectivity index (χ3n) is 4.74. The summed E-state index contributed by atoms with van der Waals surface area (Å²) in [6.45, 7) is 3.76. The third kappa shape index (κ3) is 3.45. The molecule has 1 heterocycles. The van der Waals surface area contributed by atoms with Crippen molar-refractivity contribution in [3.63, 3.8) is 0 Å². The van der Waals surface area contributed by atoms with Gasteiger partial charge in [-0.15, -0.1) is 0 Å². The molecule has 3 amide bonds. The van der Waals surface area contributed by atoms with Crippen LogP contribution in [0.5, 0.6) is 5.75 Å². The van der Waals surface area contributed by atoms with Crippen LogP contribution in [0, 0.1) is 0 Å². The van der Waals surface area contributed by atoms with Crippen molar-refractivity contribution in [1.82, 2.24) is 5.32 Å². The highest BCUT2D eigenvalue weighted by Gasteiger charge is 2.52. The van der Waals surface area contributed by atoms with Gasteiger partial charge in [-0.2, -0.15) is 0 Å². The lowest BCUT2D eigenvalue weighted by Gasteiger charge is -2.43. The zero-order chi connectivity index (χ0) is 20.5. The molecule has 0 bridgehead atoms. The van der Waals surface area contributed by atoms with Crippen molar-refractivity contribution in [3.8, 4) is 5.75 Å². The lowest BCUT2D eigenvalue weighted by Crippen LogP contribution is -2.63. The lowest BCUT2D eigenvalue weighted by molar-refractivity contribution is -0.140. The number of amides is 3. The molecule has 0 saturated heterocycles. The van der Waals surface area contributed by atoms with Crippen molar-refractivity contribution < 1.29 is 19.4 Å². The Balaban J connectivity index is 2.20. The molecule has 3 N–H and O–H groups in total. The van der Waals surface area contributed by atoms with Crippen molar-refractivity contribution in [2.45, 2.75) is 32.0 Å². The van der Waals surface area contributed by atoms with Crippen LogP contribution in [0.1, 0.15) is 25.8 Å². The number of ether oxygens (including phenoxy) is 1. The number of benzene rings is 2. The molecular weight excluding hydrogens is 426 g/mol. The smallest absolute Gasteiger partial charge is 0.329 e. The number of nitrogens with one attached hydrogen (secondary N) is 2. The number of methoxy groups -OCH3 is 1. The van der Waals surface area contributed by atoms with Crippen molar-refractivity contribution in [1.29, 1.82) is 0 Å². The Labute approximate surface area is 171 Å². The summed E-state index contributed by atoms with van der Waals surface area (Å²) in [5, 5.41) is 17.2. The van der Waals surface area contributed by atoms with Crippen molar-refractivity contribution in [2.24, 2.45) is 0 Å². The fourth-order valence-electron chi connectivity index (χ4n) is 3.06. The van der Waals surface area contributed by atoms with Crippen LogP contribution in [0.4, 0.5) is 16.2 Å². The van der Waals surface area contributed by atoms with Crippen LogP contribution in [-0.4, -0.2) is 30.2 Å². The van der Waals surface area contributed by atoms with Crippen molar-refractivity contribution in [3.05, 3.63) is 52.5 Å². The highest BCUT2D eigenvalue weighted by Crippen LogP contribution is 2.41. The number of urea groups is 1. The van der Waals surface area contributed by atoms with Gasteiger partial charge in [-0.3, -0.25) is 9.69 Å². The number of hydrogen-bond acceptors (Lipinski definition) is 4. The second-order valence-electron chi connectivity index (χ2n) is 6.61. The summed E-state index contributed by atoms with van der Waals surface area (Å²) in [5.74, 6) is -0.186. The largest absolute Gasteiger partial charge is 0.497 e. The minimum absolute atomic E-state index is 0.177. The number of halogens is 1. The van der Waals surface area contributed by atoms with Crippen molar-refractivity contribution in [2.75, 3.05) is 17.3 Å². The highest BCUT2D eigenvalue weighted by molar-refractivity contribution is 9.10. The molecule has 8 heteroatoms. The average molecular weight is 448 g/mol. The van der Waals surface area contributed by atoms with E-state index < -0.39 is 17.7 Å². The van der Waals surface area contributed by atoms with Gasteiger partial charge in [0.2, 0.25) is 0 Å². The zero-order valence-electron chi connectivity index (χ0n) is 15.8. The highest BCUT2D eigenvalue weighted by atomic mass is 79.9. The van der Waals surface area contributed by atoms with E-state index in [2.05, 4.69) is 26.6 Å². The Morgan fingerprint density at radius 2 is 2.11 bits per heavy atom. The molecule has 0 radical (unpaired) electrons. The number of aliphatic hydroxyl groups is 1. The van der Waals surface area contributed by atoms with Crippen LogP contribution >= 0.6 is 15.9 Å². The first-order chi connectivity index (χ1) is 13.3. The summed E-state index contributed by atoms with van der Waals surface area (Å²) in [6, 6.07) is 10.8. The normalized spacial score (nSPS) is 19.5. The van der Waals surface area contributed by atoms with Gasteiger partial charge in [0.1, 0.15) is 5.75 Å². The Hall–Kier alpha value is -2.58. The molecule has 2 aromatic carbocycles. The van der Waals surface area contributed by atoms with Gasteiger partial charge in [0.05, 0.1) is 18.5 Å². The molecule has 0 saturated carbocycles. The standard InChI is InChI=1S/C20H22BrN3O4/c1-4-12(2)22-18(25)20(27)16-10-13(21)8-9-17(16)23-19(26)24(20)14-6-5-7-15(11-14)28-3/h5-12,27H,4H2,1-3H3,(H,22,25)(H,23,26)/t12-,20+/m0/s1. The number of carbonyl (C=O) groups excluding carboxylic acids is 2. The molecule has 0 aliphatic carbocycles. The molecule has 0 fully saturated rings. The van der Waals surface area contributed by atoms with Crippen LogP contribution in [-0.2, 0) is 10.5 Å². The maximum absolute atomic E-state index is 13.2. The third-order valence-corrected chi connectivity index (χ3v) is 5.24. The summed E-state index contributed by atoms with van der Waals surface area (Å²) in [6.07, 6.45) is 0.679. The van der Waals surface area contributed by atoms with Crippen LogP contribution in [0.25, 0.3) is 0 Å². The van der Waals surface area contributed by atoms with Gasteiger partial charge in [0.25, 0.3) is 11.6 Å². The molecule has 148 valence electrons. The summed E-state index contributed by atoms with van der Waals surface area (Å²) >= 11 is 3.38. The summed E-state index contributed by atoms with van der Waals surface area (Å²) in [7, 11) is 1.50. The van der Waals surface area contributed by atoms with Crippen LogP contribution < -0.4 is 20.3 Å². The predicted molar refractivity (Wildman–Crippen MR) is 110 cm³/mol. The van der Waals surface area contributed by atoms with E-state index in [1.54, 1.807) is 42.5 Å². The van der Waals surface area contributed by atoms with E-state index >= 15 is 0 Å². The number of anilines is 2. The molecule has 0 aromatic heterocycles. The summed E-state index contributed by atoms with van der Waals surface area (Å²) in [4.78, 5) is 27.2. The first-order valence-corrected chi connectivity index (χ1v) is 9.69. The van der Waals surface area contributed by atoms with Gasteiger partial charge < -0.3 is 20.5 Å². The van der Waals surface area contributed by atoms with Gasteiger partial charge >= 0.3 is 6.03 Å². The van der Waals surface area contributed by atoms with E-state index in [-0.39, 0.29) is 11.6 Å². The van der Waals surface area contributed by atoms with E-state index in [0.29, 0.717) is 28.0 Å². The molecule has 1 aliphatic heterocycles. The second-order valence-corrected chi connectivity index (χ2v) is 7.53. The van der Waals surface area contributed by atoms with Crippen LogP contribution in [0.15, 0.2) is 46.9 Å². The van der Waals surface area contributed by atoms with E-state index in [1.807, 2.05) is 13.8 Å². The molecule has 2 atom stereocenters. The number of hydrogen-bond donors (Lipinski definition) is 3. The summed E-state index contributed by atoms with van der Waals surface area (Å²) < 4.78 is 5.90. The molecule has 2 aromatic rings. The molecule has 3 rings (SSSR count). The molecular formula is C20H22BrN3O4. The van der Waals surface area contributed by atoms with Crippen LogP contribution in [0.3, 0.4) is 0 Å². The Bertz CT molecular complexity index is 920. The van der Waals surface area contributed by atoms with E-state index in [1.165, 1.54) is 7.11 Å². The SMILES string of the molecule is CC[C@H](C)NC(=O)[C@]1(O)c2cc(Br)ccc2NC(=O)N1c1cccc(OC)c1. The lowest BCUT2D eigenvalue weighted by atomic mass is 9.94. The first-order valence-electron chi connectivity index (χ1n) is 8.89. The molecule has 28 heavy (non-hydrogen) atoms. The van der Waals surface area contributed by atoms with Gasteiger partial charge in [0.15, 0.2) is 0 Å². The van der Waals surface area contributed by atoms with Crippen LogP contribution in [0.2, 0.25) is 0 Å². The number of rotatable bonds is 5. The molecule has 0 spiro atoms. The fourth-order valence-corrected chi connectivity index (χ4v) is 3.42. The second kappa shape index (κ2) is 7.81. The van der Waals surface area contributed by atoms with Gasteiger partial charge in [-0.25, -0.2) is 4.79 Å². The Morgan fingerprint density at radius 1 is 1.36 bits per heavy atom. The van der Waals surface area contributed by atoms with Gasteiger partial charge in [0, 0.05) is 22.1 Å². The Kier molecular flexibility index (Phi) is 5.62.